The van der Waals surface area contributed by atoms with Crippen molar-refractivity contribution in [1.29, 1.82) is 0 Å². The maximum Gasteiger partial charge on any atom is 0.410 e. The van der Waals surface area contributed by atoms with Gasteiger partial charge in [-0.3, -0.25) is 9.59 Å². The lowest BCUT2D eigenvalue weighted by atomic mass is 9.79. The minimum absolute atomic E-state index is 0.0419. The lowest BCUT2D eigenvalue weighted by molar-refractivity contribution is -0.146. The highest BCUT2D eigenvalue weighted by molar-refractivity contribution is 7.91. The fourth-order valence-electron chi connectivity index (χ4n) is 4.63. The number of amides is 2. The van der Waals surface area contributed by atoms with Gasteiger partial charge in [-0.05, 0) is 65.8 Å². The van der Waals surface area contributed by atoms with Gasteiger partial charge in [0.1, 0.15) is 17.0 Å². The number of methoxy groups -OCH3 is 2. The van der Waals surface area contributed by atoms with E-state index in [1.54, 1.807) is 41.5 Å². The summed E-state index contributed by atoms with van der Waals surface area (Å²) in [5.74, 6) is -1.27. The smallest absolute Gasteiger partial charge is 0.410 e. The standard InChI is InChI=1S/C18H25NO7S.C11H20N2O4/c1-17(2,3)26-16(22)19-10-18(11-19,9-15(21)25-4)12-27(23,24)14-7-5-13(20)6-8-14;1-10(2,3)17-9(15)13-6-11(12,7-13)5-8(14)16-4/h5-8,20H,9-12H2,1-4H3;5-7,12H2,1-4H3. The monoisotopic (exact) mass is 643 g/mol. The summed E-state index contributed by atoms with van der Waals surface area (Å²) in [6.07, 6.45) is -0.961. The molecule has 0 radical (unpaired) electrons. The van der Waals surface area contributed by atoms with Crippen molar-refractivity contribution >= 4 is 34.0 Å². The second kappa shape index (κ2) is 13.6. The van der Waals surface area contributed by atoms with Crippen LogP contribution in [0.15, 0.2) is 29.2 Å². The molecule has 0 unspecified atom stereocenters. The number of esters is 2. The largest absolute Gasteiger partial charge is 0.508 e. The molecule has 0 aromatic heterocycles. The first-order valence-corrected chi connectivity index (χ1v) is 15.6. The first-order chi connectivity index (χ1) is 20.0. The van der Waals surface area contributed by atoms with Gasteiger partial charge in [0.2, 0.25) is 0 Å². The molecule has 2 saturated heterocycles. The molecular formula is C29H45N3O11S. The Labute approximate surface area is 258 Å². The van der Waals surface area contributed by atoms with Gasteiger partial charge in [-0.1, -0.05) is 0 Å². The fraction of sp³-hybridized carbons (Fsp3) is 0.655. The van der Waals surface area contributed by atoms with Crippen molar-refractivity contribution in [3.05, 3.63) is 24.3 Å². The number of benzene rings is 1. The lowest BCUT2D eigenvalue weighted by Crippen LogP contribution is -2.69. The van der Waals surface area contributed by atoms with Gasteiger partial charge in [-0.25, -0.2) is 18.0 Å². The van der Waals surface area contributed by atoms with Crippen LogP contribution in [0.1, 0.15) is 54.4 Å². The molecule has 0 bridgehead atoms. The van der Waals surface area contributed by atoms with Crippen LogP contribution in [0.5, 0.6) is 5.75 Å². The molecule has 3 rings (SSSR count). The minimum atomic E-state index is -3.73. The predicted molar refractivity (Wildman–Crippen MR) is 158 cm³/mol. The molecular weight excluding hydrogens is 598 g/mol. The van der Waals surface area contributed by atoms with Crippen molar-refractivity contribution in [3.8, 4) is 5.75 Å². The average Bonchev–Trinajstić information content (AvgIpc) is 2.83. The van der Waals surface area contributed by atoms with E-state index in [1.165, 1.54) is 48.3 Å². The first kappa shape index (κ1) is 36.6. The quantitative estimate of drug-likeness (QED) is 0.326. The van der Waals surface area contributed by atoms with Crippen LogP contribution in [-0.4, -0.2) is 110 Å². The highest BCUT2D eigenvalue weighted by Gasteiger charge is 2.51. The molecule has 0 atom stereocenters. The van der Waals surface area contributed by atoms with E-state index in [4.69, 9.17) is 19.9 Å². The average molecular weight is 644 g/mol. The van der Waals surface area contributed by atoms with Crippen molar-refractivity contribution < 1.29 is 51.6 Å². The zero-order chi connectivity index (χ0) is 33.7. The van der Waals surface area contributed by atoms with Gasteiger partial charge < -0.3 is 39.6 Å². The van der Waals surface area contributed by atoms with Crippen LogP contribution >= 0.6 is 0 Å². The van der Waals surface area contributed by atoms with E-state index in [9.17, 15) is 32.7 Å². The van der Waals surface area contributed by atoms with Gasteiger partial charge in [-0.2, -0.15) is 0 Å². The number of rotatable bonds is 7. The maximum absolute atomic E-state index is 12.8. The van der Waals surface area contributed by atoms with Crippen LogP contribution in [-0.2, 0) is 38.4 Å². The van der Waals surface area contributed by atoms with E-state index in [0.29, 0.717) is 13.1 Å². The molecule has 248 valence electrons. The van der Waals surface area contributed by atoms with Crippen LogP contribution in [0.4, 0.5) is 9.59 Å². The molecule has 2 fully saturated rings. The Morgan fingerprint density at radius 2 is 1.20 bits per heavy atom. The van der Waals surface area contributed by atoms with Crippen LogP contribution in [0.3, 0.4) is 0 Å². The number of aromatic hydroxyl groups is 1. The fourth-order valence-corrected chi connectivity index (χ4v) is 6.44. The molecule has 0 aliphatic carbocycles. The van der Waals surface area contributed by atoms with Crippen molar-refractivity contribution in [3.63, 3.8) is 0 Å². The Morgan fingerprint density at radius 3 is 1.61 bits per heavy atom. The summed E-state index contributed by atoms with van der Waals surface area (Å²) < 4.78 is 45.2. The number of carbonyl (C=O) groups excluding carboxylic acids is 4. The zero-order valence-electron chi connectivity index (χ0n) is 26.7. The van der Waals surface area contributed by atoms with Gasteiger partial charge >= 0.3 is 24.1 Å². The van der Waals surface area contributed by atoms with Crippen molar-refractivity contribution in [2.24, 2.45) is 11.1 Å². The Hall–Kier alpha value is -3.59. The SMILES string of the molecule is COC(=O)CC1(CS(=O)(=O)c2ccc(O)cc2)CN(C(=O)OC(C)(C)C)C1.COC(=O)CC1(N)CN(C(=O)OC(C)(C)C)C1. The summed E-state index contributed by atoms with van der Waals surface area (Å²) >= 11 is 0. The molecule has 1 aromatic rings. The summed E-state index contributed by atoms with van der Waals surface area (Å²) in [5, 5.41) is 9.34. The van der Waals surface area contributed by atoms with E-state index in [1.807, 2.05) is 0 Å². The van der Waals surface area contributed by atoms with E-state index in [-0.39, 0.29) is 48.3 Å². The Bertz CT molecular complexity index is 1300. The molecule has 0 saturated carbocycles. The summed E-state index contributed by atoms with van der Waals surface area (Å²) in [7, 11) is -1.18. The van der Waals surface area contributed by atoms with E-state index in [2.05, 4.69) is 4.74 Å². The summed E-state index contributed by atoms with van der Waals surface area (Å²) in [6, 6.07) is 5.18. The maximum atomic E-state index is 12.8. The predicted octanol–water partition coefficient (Wildman–Crippen LogP) is 2.46. The molecule has 2 amide bonds. The number of likely N-dealkylation sites (tertiary alicyclic amines) is 2. The normalized spacial score (nSPS) is 17.1. The molecule has 14 nitrogen and oxygen atoms in total. The second-order valence-electron chi connectivity index (χ2n) is 13.3. The van der Waals surface area contributed by atoms with Gasteiger partial charge in [0.15, 0.2) is 9.84 Å². The van der Waals surface area contributed by atoms with Crippen molar-refractivity contribution in [2.45, 2.75) is 76.0 Å². The zero-order valence-corrected chi connectivity index (χ0v) is 27.5. The van der Waals surface area contributed by atoms with E-state index in [0.717, 1.165) is 0 Å². The van der Waals surface area contributed by atoms with Crippen LogP contribution in [0, 0.1) is 5.41 Å². The first-order valence-electron chi connectivity index (χ1n) is 13.9. The molecule has 1 aromatic carbocycles. The minimum Gasteiger partial charge on any atom is -0.508 e. The van der Waals surface area contributed by atoms with Crippen LogP contribution in [0.25, 0.3) is 0 Å². The van der Waals surface area contributed by atoms with E-state index < -0.39 is 50.1 Å². The van der Waals surface area contributed by atoms with Gasteiger partial charge in [0.25, 0.3) is 0 Å². The Balaban J connectivity index is 0.000000342. The second-order valence-corrected chi connectivity index (χ2v) is 15.3. The van der Waals surface area contributed by atoms with Gasteiger partial charge in [0.05, 0.1) is 43.2 Å². The van der Waals surface area contributed by atoms with Crippen LogP contribution < -0.4 is 5.73 Å². The van der Waals surface area contributed by atoms with Gasteiger partial charge in [-0.15, -0.1) is 0 Å². The van der Waals surface area contributed by atoms with E-state index >= 15 is 0 Å². The van der Waals surface area contributed by atoms with Crippen molar-refractivity contribution in [2.75, 3.05) is 46.2 Å². The molecule has 2 aliphatic heterocycles. The summed E-state index contributed by atoms with van der Waals surface area (Å²) in [5.41, 5.74) is 3.11. The lowest BCUT2D eigenvalue weighted by Gasteiger charge is -2.49. The molecule has 3 N–H and O–H groups in total. The number of phenolic OH excluding ortho intramolecular Hbond substituents is 1. The highest BCUT2D eigenvalue weighted by Crippen LogP contribution is 2.38. The Kier molecular flexibility index (Phi) is 11.3. The van der Waals surface area contributed by atoms with Gasteiger partial charge in [0, 0.05) is 31.6 Å². The molecule has 15 heteroatoms. The number of phenols is 1. The number of nitrogens with zero attached hydrogens (tertiary/aromatic N) is 2. The van der Waals surface area contributed by atoms with Crippen LogP contribution in [0.2, 0.25) is 0 Å². The summed E-state index contributed by atoms with van der Waals surface area (Å²) in [4.78, 5) is 49.6. The molecule has 2 heterocycles. The third kappa shape index (κ3) is 10.8. The summed E-state index contributed by atoms with van der Waals surface area (Å²) in [6.45, 7) is 11.4. The molecule has 2 aliphatic rings. The third-order valence-corrected chi connectivity index (χ3v) is 8.51. The molecule has 44 heavy (non-hydrogen) atoms. The number of hydrogen-bond donors (Lipinski definition) is 2. The molecule has 0 spiro atoms. The number of ether oxygens (including phenoxy) is 4. The number of sulfone groups is 1. The van der Waals surface area contributed by atoms with Crippen molar-refractivity contribution in [1.82, 2.24) is 9.80 Å². The number of carbonyl (C=O) groups is 4. The third-order valence-electron chi connectivity index (χ3n) is 6.53. The topological polar surface area (TPSA) is 192 Å². The number of hydrogen-bond acceptors (Lipinski definition) is 12. The Morgan fingerprint density at radius 1 is 0.795 bits per heavy atom. The highest BCUT2D eigenvalue weighted by atomic mass is 32.2. The number of nitrogens with two attached hydrogens (primary N) is 1.